The highest BCUT2D eigenvalue weighted by atomic mass is 16.6. The van der Waals surface area contributed by atoms with Crippen LogP contribution in [0.2, 0.25) is 5.82 Å². The minimum absolute atomic E-state index is 0.000000000000000222. The molecule has 3 fully saturated rings. The summed E-state index contributed by atoms with van der Waals surface area (Å²) in [7, 11) is 18.0. The third-order valence-corrected chi connectivity index (χ3v) is 4.64. The summed E-state index contributed by atoms with van der Waals surface area (Å²) >= 11 is 0. The van der Waals surface area contributed by atoms with Gasteiger partial charge in [0.05, 0.1) is 32.8 Å². The van der Waals surface area contributed by atoms with Gasteiger partial charge in [0.25, 0.3) is 0 Å². The van der Waals surface area contributed by atoms with Crippen LogP contribution in [0, 0.1) is 0 Å². The molecule has 7 atom stereocenters. The van der Waals surface area contributed by atoms with Crippen molar-refractivity contribution in [3.05, 3.63) is 0 Å². The highest BCUT2D eigenvalue weighted by Crippen LogP contribution is 2.61. The summed E-state index contributed by atoms with van der Waals surface area (Å²) < 4.78 is 31.4. The molecule has 6 nitrogen and oxygen atoms in total. The molecule has 128 valence electrons. The van der Waals surface area contributed by atoms with E-state index in [1.165, 1.54) is 0 Å². The Morgan fingerprint density at radius 2 is 1.61 bits per heavy atom. The highest BCUT2D eigenvalue weighted by Gasteiger charge is 2.68. The maximum atomic E-state index is 5.74. The van der Waals surface area contributed by atoms with Crippen LogP contribution in [0.5, 0.6) is 0 Å². The zero-order valence-corrected chi connectivity index (χ0v) is 14.4. The molecule has 2 aliphatic heterocycles. The summed E-state index contributed by atoms with van der Waals surface area (Å²) in [6.45, 7) is 1.14. The van der Waals surface area contributed by atoms with Gasteiger partial charge in [0.1, 0.15) is 26.2 Å². The highest BCUT2D eigenvalue weighted by molar-refractivity contribution is 6.15. The molecule has 3 aliphatic rings. The van der Waals surface area contributed by atoms with Crippen molar-refractivity contribution < 1.29 is 28.4 Å². The summed E-state index contributed by atoms with van der Waals surface area (Å²) in [6.07, 6.45) is 1.97. The Morgan fingerprint density at radius 3 is 2.09 bits per heavy atom. The summed E-state index contributed by atoms with van der Waals surface area (Å²) in [5.41, 5.74) is -0.155. The second-order valence-corrected chi connectivity index (χ2v) is 6.21. The molecule has 3 rings (SSSR count). The van der Waals surface area contributed by atoms with Gasteiger partial charge < -0.3 is 28.4 Å². The molecule has 0 aromatic carbocycles. The van der Waals surface area contributed by atoms with E-state index in [4.69, 9.17) is 44.1 Å². The van der Waals surface area contributed by atoms with E-state index < -0.39 is 0 Å². The maximum absolute atomic E-state index is 5.74. The summed E-state index contributed by atoms with van der Waals surface area (Å²) in [4.78, 5) is 0. The van der Waals surface area contributed by atoms with Crippen LogP contribution in [0.25, 0.3) is 0 Å². The third-order valence-electron chi connectivity index (χ3n) is 4.64. The van der Waals surface area contributed by atoms with Gasteiger partial charge in [-0.3, -0.25) is 0 Å². The van der Waals surface area contributed by atoms with Gasteiger partial charge >= 0.3 is 0 Å². The van der Waals surface area contributed by atoms with Crippen LogP contribution in [-0.2, 0) is 28.4 Å². The molecule has 0 amide bonds. The number of methoxy groups -OCH3 is 4. The van der Waals surface area contributed by atoms with Crippen LogP contribution in [0.1, 0.15) is 12.8 Å². The van der Waals surface area contributed by atoms with Crippen molar-refractivity contribution in [2.24, 2.45) is 0 Å². The summed E-state index contributed by atoms with van der Waals surface area (Å²) in [6, 6.07) is -0.194. The van der Waals surface area contributed by atoms with Gasteiger partial charge in [0.15, 0.2) is 0 Å². The van der Waals surface area contributed by atoms with E-state index in [0.717, 1.165) is 12.8 Å². The zero-order chi connectivity index (χ0) is 17.0. The van der Waals surface area contributed by atoms with Crippen molar-refractivity contribution in [2.45, 2.75) is 54.7 Å². The first-order valence-corrected chi connectivity index (χ1v) is 7.90. The average molecular weight is 324 g/mol. The molecule has 0 N–H and O–H groups in total. The summed E-state index contributed by atoms with van der Waals surface area (Å²) in [5, 5.41) is 0. The smallest absolute Gasteiger partial charge is 0.114 e. The molecule has 0 aromatic rings. The minimum atomic E-state index is -0.194. The fourth-order valence-electron chi connectivity index (χ4n) is 3.34. The molecule has 0 bridgehead atoms. The Morgan fingerprint density at radius 1 is 1.00 bits per heavy atom. The first-order chi connectivity index (χ1) is 11.0. The van der Waals surface area contributed by atoms with Gasteiger partial charge in [-0.05, 0) is 18.7 Å². The lowest BCUT2D eigenvalue weighted by Gasteiger charge is -2.45. The lowest BCUT2D eigenvalue weighted by molar-refractivity contribution is -0.260. The topological polar surface area (TPSA) is 55.4 Å². The van der Waals surface area contributed by atoms with Crippen LogP contribution in [0.3, 0.4) is 0 Å². The lowest BCUT2D eigenvalue weighted by Crippen LogP contribution is -2.59. The van der Waals surface area contributed by atoms with Gasteiger partial charge in [-0.15, -0.1) is 0 Å². The van der Waals surface area contributed by atoms with Gasteiger partial charge in [0, 0.05) is 34.4 Å². The predicted molar refractivity (Wildman–Crippen MR) is 86.1 cm³/mol. The van der Waals surface area contributed by atoms with Crippen molar-refractivity contribution in [1.82, 2.24) is 0 Å². The van der Waals surface area contributed by atoms with E-state index >= 15 is 0 Å². The van der Waals surface area contributed by atoms with Gasteiger partial charge in [-0.1, -0.05) is 0 Å². The van der Waals surface area contributed by atoms with Crippen molar-refractivity contribution in [3.8, 4) is 0 Å². The molecule has 0 aromatic heterocycles. The molecule has 1 saturated carbocycles. The van der Waals surface area contributed by atoms with Crippen LogP contribution < -0.4 is 0 Å². The fourth-order valence-corrected chi connectivity index (χ4v) is 3.34. The molecule has 0 unspecified atom stereocenters. The predicted octanol–water partition coefficient (Wildman–Crippen LogP) is 0.0774. The second-order valence-electron chi connectivity index (χ2n) is 6.21. The lowest BCUT2D eigenvalue weighted by atomic mass is 9.89. The van der Waals surface area contributed by atoms with E-state index in [1.807, 2.05) is 0 Å². The van der Waals surface area contributed by atoms with Crippen LogP contribution in [0.4, 0.5) is 0 Å². The molecular weight excluding hydrogens is 298 g/mol. The zero-order valence-electron chi connectivity index (χ0n) is 14.4. The Balaban J connectivity index is 0.000000168. The van der Waals surface area contributed by atoms with E-state index in [-0.39, 0.29) is 41.8 Å². The Labute approximate surface area is 141 Å². The quantitative estimate of drug-likeness (QED) is 0.645. The monoisotopic (exact) mass is 324 g/mol. The van der Waals surface area contributed by atoms with Gasteiger partial charge in [0.2, 0.25) is 0 Å². The minimum Gasteiger partial charge on any atom is -0.382 e. The van der Waals surface area contributed by atoms with Crippen molar-refractivity contribution in [3.63, 3.8) is 0 Å². The van der Waals surface area contributed by atoms with Crippen LogP contribution in [0.15, 0.2) is 0 Å². The fraction of sp³-hybridized carbons (Fsp3) is 1.00. The van der Waals surface area contributed by atoms with E-state index in [0.29, 0.717) is 13.2 Å². The standard InChI is InChI=1S/C8H13BO3.C7H13BO3/c1-10-4-5-7(11-2)8(12-5)3-6(8)9;1-9-4-6-5(10-2)3-7(8)11-6/h5-7H,3-4H2,1-2H3;5-7H,3-4H2,1-2H3/t5-,6+,7+,8-;5-,6+,7+/m10/s1. The Kier molecular flexibility index (Phi) is 6.95. The van der Waals surface area contributed by atoms with Crippen LogP contribution >= 0.6 is 0 Å². The van der Waals surface area contributed by atoms with Crippen molar-refractivity contribution in [1.29, 1.82) is 0 Å². The third kappa shape index (κ3) is 4.11. The van der Waals surface area contributed by atoms with Crippen molar-refractivity contribution >= 4 is 15.7 Å². The van der Waals surface area contributed by atoms with E-state index in [1.54, 1.807) is 28.4 Å². The average Bonchev–Trinajstić information content (AvgIpc) is 3.04. The SMILES string of the molecule is [B][C@H]1C[C@@]12O[C@H](COC)[C@@H]2OC.[B][C@H]1C[C@H](OC)[C@@H](COC)O1. The Hall–Kier alpha value is -0.110. The number of ether oxygens (including phenoxy) is 6. The number of hydrogen-bond donors (Lipinski definition) is 0. The second kappa shape index (κ2) is 8.32. The molecule has 2 saturated heterocycles. The molecule has 2 heterocycles. The van der Waals surface area contributed by atoms with Gasteiger partial charge in [-0.25, -0.2) is 0 Å². The normalized spacial score (nSPS) is 44.5. The van der Waals surface area contributed by atoms with E-state index in [2.05, 4.69) is 0 Å². The molecule has 1 aliphatic carbocycles. The number of hydrogen-bond acceptors (Lipinski definition) is 6. The summed E-state index contributed by atoms with van der Waals surface area (Å²) in [5.74, 6) is 0.163. The molecule has 4 radical (unpaired) electrons. The number of rotatable bonds is 6. The largest absolute Gasteiger partial charge is 0.382 e. The van der Waals surface area contributed by atoms with Crippen LogP contribution in [-0.4, -0.2) is 93.4 Å². The molecule has 1 spiro atoms. The van der Waals surface area contributed by atoms with Gasteiger partial charge in [-0.2, -0.15) is 0 Å². The maximum Gasteiger partial charge on any atom is 0.114 e. The first-order valence-electron chi connectivity index (χ1n) is 7.90. The first kappa shape index (κ1) is 19.2. The molecule has 8 heteroatoms. The molecule has 23 heavy (non-hydrogen) atoms. The Bertz CT molecular complexity index is 374. The molecular formula is C15H26B2O6. The van der Waals surface area contributed by atoms with E-state index in [9.17, 15) is 0 Å². The van der Waals surface area contributed by atoms with Crippen molar-refractivity contribution in [2.75, 3.05) is 41.7 Å².